The van der Waals surface area contributed by atoms with Crippen LogP contribution in [-0.4, -0.2) is 64.0 Å². The Labute approximate surface area is 273 Å². The quantitative estimate of drug-likeness (QED) is 0.0878. The Morgan fingerprint density at radius 1 is 1.07 bits per heavy atom. The Hall–Kier alpha value is -1.23. The lowest BCUT2D eigenvalue weighted by molar-refractivity contribution is -0.275. The number of rotatable bonds is 9. The van der Waals surface area contributed by atoms with E-state index in [-0.39, 0.29) is 63.2 Å². The number of cyclic esters (lactones) is 1. The minimum Gasteiger partial charge on any atom is -0.497 e. The molecule has 4 aliphatic carbocycles. The molecule has 5 aliphatic rings. The number of esters is 1. The molecule has 0 aromatic heterocycles. The van der Waals surface area contributed by atoms with Crippen molar-refractivity contribution in [2.45, 2.75) is 113 Å². The van der Waals surface area contributed by atoms with E-state index in [9.17, 15) is 4.79 Å². The monoisotopic (exact) mass is 690 g/mol. The van der Waals surface area contributed by atoms with Gasteiger partial charge in [-0.25, -0.2) is 0 Å². The predicted octanol–water partition coefficient (Wildman–Crippen LogP) is 7.42. The fourth-order valence-electron chi connectivity index (χ4n) is 8.77. The average Bonchev–Trinajstić information content (AvgIpc) is 3.63. The van der Waals surface area contributed by atoms with Crippen molar-refractivity contribution in [1.29, 1.82) is 0 Å². The fourth-order valence-corrected chi connectivity index (χ4v) is 11.4. The number of methoxy groups -OCH3 is 2. The molecule has 0 radical (unpaired) electrons. The number of hydrogen-bond acceptors (Lipinski definition) is 7. The number of carbonyl (C=O) groups is 1. The SMILES string of the molecule is C=C1[C@@H]2C(=O)OC[C@@]23CC[C@H](O[Si](C)(C)C(C)(C)C)C[C@@H]3C[C@H]1O[C@]1(OC)[C@H]2C[C@@H]([C@H]1Br)[C@H](OCc1ccc(OC)cc1)C2. The van der Waals surface area contributed by atoms with Gasteiger partial charge in [0.1, 0.15) is 5.75 Å². The van der Waals surface area contributed by atoms with Crippen LogP contribution in [0.4, 0.5) is 0 Å². The second-order valence-corrected chi connectivity index (χ2v) is 21.3. The third-order valence-electron chi connectivity index (χ3n) is 12.3. The number of ether oxygens (including phenoxy) is 5. The summed E-state index contributed by atoms with van der Waals surface area (Å²) in [5.74, 6) is 0.282. The van der Waals surface area contributed by atoms with Crippen LogP contribution in [0.2, 0.25) is 18.1 Å². The van der Waals surface area contributed by atoms with Crippen LogP contribution in [0.3, 0.4) is 0 Å². The molecule has 1 heterocycles. The number of fused-ring (bicyclic) bond motifs is 2. The second-order valence-electron chi connectivity index (χ2n) is 15.5. The Balaban J connectivity index is 1.16. The van der Waals surface area contributed by atoms with Crippen molar-refractivity contribution in [2.75, 3.05) is 20.8 Å². The zero-order chi connectivity index (χ0) is 31.7. The molecule has 9 heteroatoms. The fraction of sp³-hybridized carbons (Fsp3) is 0.743. The predicted molar refractivity (Wildman–Crippen MR) is 175 cm³/mol. The molecule has 0 unspecified atom stereocenters. The van der Waals surface area contributed by atoms with Crippen LogP contribution in [-0.2, 0) is 34.8 Å². The molecule has 44 heavy (non-hydrogen) atoms. The Morgan fingerprint density at radius 2 is 1.80 bits per heavy atom. The van der Waals surface area contributed by atoms with Crippen molar-refractivity contribution in [3.63, 3.8) is 0 Å². The molecule has 10 atom stereocenters. The Morgan fingerprint density at radius 3 is 2.43 bits per heavy atom. The van der Waals surface area contributed by atoms with Gasteiger partial charge in [-0.3, -0.25) is 4.79 Å². The summed E-state index contributed by atoms with van der Waals surface area (Å²) in [5.41, 5.74) is 1.78. The van der Waals surface area contributed by atoms with Gasteiger partial charge in [0, 0.05) is 30.5 Å². The maximum absolute atomic E-state index is 13.3. The number of halogens is 1. The Bertz CT molecular complexity index is 1240. The van der Waals surface area contributed by atoms with Gasteiger partial charge in [-0.2, -0.15) is 0 Å². The van der Waals surface area contributed by atoms with Crippen molar-refractivity contribution in [1.82, 2.24) is 0 Å². The average molecular weight is 692 g/mol. The van der Waals surface area contributed by atoms with E-state index >= 15 is 0 Å². The molecule has 7 nitrogen and oxygen atoms in total. The molecule has 6 rings (SSSR count). The van der Waals surface area contributed by atoms with Crippen molar-refractivity contribution in [3.8, 4) is 5.75 Å². The third kappa shape index (κ3) is 5.35. The summed E-state index contributed by atoms with van der Waals surface area (Å²) in [7, 11) is 1.51. The highest BCUT2D eigenvalue weighted by atomic mass is 79.9. The molecule has 1 aliphatic heterocycles. The smallest absolute Gasteiger partial charge is 0.313 e. The normalized spacial score (nSPS) is 40.1. The molecular weight excluding hydrogens is 640 g/mol. The summed E-state index contributed by atoms with van der Waals surface area (Å²) in [6.45, 7) is 17.1. The lowest BCUT2D eigenvalue weighted by Crippen LogP contribution is -2.58. The van der Waals surface area contributed by atoms with Crippen molar-refractivity contribution in [2.24, 2.45) is 29.1 Å². The summed E-state index contributed by atoms with van der Waals surface area (Å²) >= 11 is 4.03. The van der Waals surface area contributed by atoms with Crippen LogP contribution in [0, 0.1) is 29.1 Å². The van der Waals surface area contributed by atoms with Gasteiger partial charge in [0.2, 0.25) is 0 Å². The topological polar surface area (TPSA) is 72.5 Å². The summed E-state index contributed by atoms with van der Waals surface area (Å²) in [4.78, 5) is 13.2. The summed E-state index contributed by atoms with van der Waals surface area (Å²) < 4.78 is 37.9. The minimum absolute atomic E-state index is 0.0318. The first-order valence-corrected chi connectivity index (χ1v) is 20.2. The molecule has 1 saturated heterocycles. The molecule has 1 spiro atoms. The highest BCUT2D eigenvalue weighted by Gasteiger charge is 2.67. The molecule has 5 fully saturated rings. The van der Waals surface area contributed by atoms with Crippen molar-refractivity contribution < 1.29 is 32.9 Å². The zero-order valence-electron chi connectivity index (χ0n) is 27.5. The first-order chi connectivity index (χ1) is 20.7. The zero-order valence-corrected chi connectivity index (χ0v) is 30.1. The van der Waals surface area contributed by atoms with E-state index < -0.39 is 14.1 Å². The third-order valence-corrected chi connectivity index (χ3v) is 18.1. The lowest BCUT2D eigenvalue weighted by atomic mass is 9.53. The van der Waals surface area contributed by atoms with Gasteiger partial charge >= 0.3 is 5.97 Å². The number of alkyl halides is 1. The molecule has 0 N–H and O–H groups in total. The Kier molecular flexibility index (Phi) is 8.75. The van der Waals surface area contributed by atoms with Crippen LogP contribution in [0.1, 0.15) is 64.9 Å². The highest BCUT2D eigenvalue weighted by Crippen LogP contribution is 2.62. The van der Waals surface area contributed by atoms with Crippen LogP contribution < -0.4 is 4.74 Å². The summed E-state index contributed by atoms with van der Waals surface area (Å²) in [5, 5.41) is 0.150. The van der Waals surface area contributed by atoms with E-state index in [1.54, 1.807) is 14.2 Å². The van der Waals surface area contributed by atoms with Gasteiger partial charge in [-0.05, 0) is 85.8 Å². The summed E-state index contributed by atoms with van der Waals surface area (Å²) in [6, 6.07) is 8.04. The van der Waals surface area contributed by atoms with Crippen molar-refractivity contribution >= 4 is 30.2 Å². The van der Waals surface area contributed by atoms with Crippen LogP contribution in [0.25, 0.3) is 0 Å². The maximum Gasteiger partial charge on any atom is 0.313 e. The van der Waals surface area contributed by atoms with Crippen LogP contribution >= 0.6 is 15.9 Å². The minimum atomic E-state index is -1.92. The van der Waals surface area contributed by atoms with E-state index in [0.717, 1.165) is 55.4 Å². The van der Waals surface area contributed by atoms with Crippen molar-refractivity contribution in [3.05, 3.63) is 42.0 Å². The van der Waals surface area contributed by atoms with Gasteiger partial charge in [0.15, 0.2) is 14.1 Å². The van der Waals surface area contributed by atoms with E-state index in [1.807, 2.05) is 12.1 Å². The standard InChI is InChI=1S/C35H51BrO7Si/c1-21-28(17-23-15-26(43-44(7,8)33(2,3)4)13-14-34(23)20-41-32(37)30(21)34)42-35(39-6)24-16-27(31(35)36)29(18-24)40-19-22-9-11-25(38-5)12-10-22/h9-12,23-24,26-31H,1,13-20H2,2-8H3/t23-,24+,26+,27-,28-,29-,30-,31-,34-,35-/m1/s1. The van der Waals surface area contributed by atoms with Gasteiger partial charge in [0.05, 0.1) is 43.3 Å². The molecule has 2 bridgehead atoms. The first-order valence-electron chi connectivity index (χ1n) is 16.4. The lowest BCUT2D eigenvalue weighted by Gasteiger charge is -2.54. The molecule has 244 valence electrons. The maximum atomic E-state index is 13.3. The van der Waals surface area contributed by atoms with Gasteiger partial charge in [0.25, 0.3) is 0 Å². The summed E-state index contributed by atoms with van der Waals surface area (Å²) in [6.07, 6.45) is 5.50. The number of benzene rings is 1. The van der Waals surface area contributed by atoms with Crippen LogP contribution in [0.15, 0.2) is 36.4 Å². The van der Waals surface area contributed by atoms with E-state index in [2.05, 4.69) is 68.5 Å². The second kappa shape index (κ2) is 11.8. The molecule has 4 saturated carbocycles. The molecule has 1 aromatic carbocycles. The first kappa shape index (κ1) is 32.7. The van der Waals surface area contributed by atoms with Crippen LogP contribution in [0.5, 0.6) is 5.75 Å². The van der Waals surface area contributed by atoms with Gasteiger partial charge in [-0.1, -0.05) is 55.4 Å². The number of carbonyl (C=O) groups excluding carboxylic acids is 1. The van der Waals surface area contributed by atoms with E-state index in [4.69, 9.17) is 28.1 Å². The largest absolute Gasteiger partial charge is 0.497 e. The van der Waals surface area contributed by atoms with E-state index in [1.165, 1.54) is 0 Å². The van der Waals surface area contributed by atoms with Gasteiger partial charge in [-0.15, -0.1) is 0 Å². The molecular formula is C35H51BrO7Si. The highest BCUT2D eigenvalue weighted by molar-refractivity contribution is 9.09. The van der Waals surface area contributed by atoms with Gasteiger partial charge < -0.3 is 28.1 Å². The van der Waals surface area contributed by atoms with E-state index in [0.29, 0.717) is 13.2 Å². The number of hydrogen-bond donors (Lipinski definition) is 0. The molecule has 1 aromatic rings. The molecule has 0 amide bonds.